The number of carbonyl (C=O) groups excluding carboxylic acids is 2. The van der Waals surface area contributed by atoms with Crippen LogP contribution in [0.25, 0.3) is 0 Å². The summed E-state index contributed by atoms with van der Waals surface area (Å²) >= 11 is 0. The fourth-order valence-electron chi connectivity index (χ4n) is 3.98. The number of hydrogen-bond donors (Lipinski definition) is 2. The highest BCUT2D eigenvalue weighted by atomic mass is 19.1. The number of rotatable bonds is 5. The van der Waals surface area contributed by atoms with E-state index in [1.54, 1.807) is 28.9 Å². The predicted molar refractivity (Wildman–Crippen MR) is 123 cm³/mol. The van der Waals surface area contributed by atoms with E-state index in [2.05, 4.69) is 15.3 Å². The molecule has 1 atom stereocenters. The lowest BCUT2D eigenvalue weighted by Crippen LogP contribution is -2.51. The number of aryl methyl sites for hydroxylation is 1. The van der Waals surface area contributed by atoms with Crippen LogP contribution in [0.3, 0.4) is 0 Å². The van der Waals surface area contributed by atoms with Crippen LogP contribution in [-0.4, -0.2) is 72.5 Å². The average Bonchev–Trinajstić information content (AvgIpc) is 3.28. The first-order valence-electron chi connectivity index (χ1n) is 11.0. The van der Waals surface area contributed by atoms with Crippen LogP contribution in [0.15, 0.2) is 41.5 Å². The second-order valence-electron chi connectivity index (χ2n) is 8.45. The SMILES string of the molecule is CN1CCN(C(=O)c2nccn2C)CC1c1nc(C(=O)NCc2ccc(F)cc2)c(O)c(=O)n1C. The zero-order valence-electron chi connectivity index (χ0n) is 19.6. The van der Waals surface area contributed by atoms with Crippen molar-refractivity contribution >= 4 is 11.8 Å². The van der Waals surface area contributed by atoms with Gasteiger partial charge in [0.25, 0.3) is 17.4 Å². The summed E-state index contributed by atoms with van der Waals surface area (Å²) in [6, 6.07) is 5.06. The molecule has 0 saturated carbocycles. The molecule has 4 rings (SSSR count). The van der Waals surface area contributed by atoms with E-state index < -0.39 is 34.8 Å². The first kappa shape index (κ1) is 24.1. The third kappa shape index (κ3) is 4.78. The maximum absolute atomic E-state index is 13.1. The minimum absolute atomic E-state index is 0.0556. The van der Waals surface area contributed by atoms with Gasteiger partial charge in [0, 0.05) is 52.7 Å². The van der Waals surface area contributed by atoms with Crippen molar-refractivity contribution < 1.29 is 19.1 Å². The fourth-order valence-corrected chi connectivity index (χ4v) is 3.98. The highest BCUT2D eigenvalue weighted by Crippen LogP contribution is 2.24. The number of nitrogens with one attached hydrogen (secondary N) is 1. The van der Waals surface area contributed by atoms with Crippen LogP contribution >= 0.6 is 0 Å². The van der Waals surface area contributed by atoms with Crippen molar-refractivity contribution in [2.24, 2.45) is 14.1 Å². The minimum atomic E-state index is -0.775. The van der Waals surface area contributed by atoms with E-state index in [4.69, 9.17) is 0 Å². The van der Waals surface area contributed by atoms with Crippen molar-refractivity contribution in [2.45, 2.75) is 12.6 Å². The number of aromatic hydroxyl groups is 1. The second kappa shape index (κ2) is 9.66. The molecule has 0 spiro atoms. The number of imidazole rings is 1. The van der Waals surface area contributed by atoms with E-state index in [1.165, 1.54) is 35.9 Å². The van der Waals surface area contributed by atoms with Gasteiger partial charge in [-0.2, -0.15) is 0 Å². The summed E-state index contributed by atoms with van der Waals surface area (Å²) in [5.41, 5.74) is -0.548. The molecule has 3 heterocycles. The van der Waals surface area contributed by atoms with Crippen LogP contribution in [-0.2, 0) is 20.6 Å². The van der Waals surface area contributed by atoms with E-state index in [0.29, 0.717) is 24.5 Å². The lowest BCUT2D eigenvalue weighted by molar-refractivity contribution is 0.0510. The first-order chi connectivity index (χ1) is 16.7. The Balaban J connectivity index is 1.60. The van der Waals surface area contributed by atoms with Gasteiger partial charge < -0.3 is 19.9 Å². The zero-order valence-corrected chi connectivity index (χ0v) is 19.6. The normalized spacial score (nSPS) is 16.3. The molecule has 3 aromatic rings. The smallest absolute Gasteiger partial charge is 0.296 e. The topological polar surface area (TPSA) is 126 Å². The largest absolute Gasteiger partial charge is 0.501 e. The molecule has 184 valence electrons. The molecule has 1 aliphatic heterocycles. The van der Waals surface area contributed by atoms with Gasteiger partial charge in [0.15, 0.2) is 11.5 Å². The van der Waals surface area contributed by atoms with Crippen LogP contribution in [0.4, 0.5) is 4.39 Å². The lowest BCUT2D eigenvalue weighted by atomic mass is 10.1. The number of aromatic nitrogens is 4. The van der Waals surface area contributed by atoms with Gasteiger partial charge in [-0.25, -0.2) is 14.4 Å². The third-order valence-electron chi connectivity index (χ3n) is 6.13. The molecule has 0 aliphatic carbocycles. The highest BCUT2D eigenvalue weighted by Gasteiger charge is 2.34. The number of hydrogen-bond acceptors (Lipinski definition) is 7. The van der Waals surface area contributed by atoms with Gasteiger partial charge >= 0.3 is 0 Å². The van der Waals surface area contributed by atoms with Gasteiger partial charge in [-0.05, 0) is 24.7 Å². The van der Waals surface area contributed by atoms with Crippen molar-refractivity contribution in [1.82, 2.24) is 34.2 Å². The molecule has 2 aromatic heterocycles. The van der Waals surface area contributed by atoms with E-state index in [-0.39, 0.29) is 24.8 Å². The van der Waals surface area contributed by atoms with Gasteiger partial charge in [0.2, 0.25) is 5.75 Å². The summed E-state index contributed by atoms with van der Waals surface area (Å²) < 4.78 is 15.9. The summed E-state index contributed by atoms with van der Waals surface area (Å²) in [6.45, 7) is 1.23. The molecule has 35 heavy (non-hydrogen) atoms. The van der Waals surface area contributed by atoms with Crippen LogP contribution < -0.4 is 10.9 Å². The van der Waals surface area contributed by atoms with Crippen molar-refractivity contribution in [2.75, 3.05) is 26.7 Å². The van der Waals surface area contributed by atoms with Gasteiger partial charge in [-0.3, -0.25) is 23.9 Å². The van der Waals surface area contributed by atoms with Crippen LogP contribution in [0.1, 0.15) is 38.5 Å². The monoisotopic (exact) mass is 483 g/mol. The summed E-state index contributed by atoms with van der Waals surface area (Å²) in [4.78, 5) is 50.6. The van der Waals surface area contributed by atoms with E-state index in [9.17, 15) is 23.9 Å². The number of halogens is 1. The molecule has 2 N–H and O–H groups in total. The fraction of sp³-hybridized carbons (Fsp3) is 0.348. The number of nitrogens with zero attached hydrogens (tertiary/aromatic N) is 6. The summed E-state index contributed by atoms with van der Waals surface area (Å²) in [6.07, 6.45) is 3.23. The molecule has 1 aromatic carbocycles. The second-order valence-corrected chi connectivity index (χ2v) is 8.45. The Hall–Kier alpha value is -4.06. The van der Waals surface area contributed by atoms with Crippen LogP contribution in [0, 0.1) is 5.82 Å². The summed E-state index contributed by atoms with van der Waals surface area (Å²) in [5.74, 6) is -1.64. The first-order valence-corrected chi connectivity index (χ1v) is 11.0. The predicted octanol–water partition coefficient (Wildman–Crippen LogP) is 0.417. The standard InChI is InChI=1S/C23H26FN7O4/c1-28-10-11-31(23(35)20-25-8-9-29(20)2)13-16(28)19-27-17(18(32)22(34)30(19)3)21(33)26-12-14-4-6-15(24)7-5-14/h4-9,16,32H,10-13H2,1-3H3,(H,26,33). The molecule has 1 saturated heterocycles. The number of benzene rings is 1. The average molecular weight is 484 g/mol. The molecule has 1 aliphatic rings. The van der Waals surface area contributed by atoms with Crippen molar-refractivity contribution in [3.63, 3.8) is 0 Å². The Morgan fingerprint density at radius 1 is 1.17 bits per heavy atom. The van der Waals surface area contributed by atoms with E-state index in [0.717, 1.165) is 0 Å². The minimum Gasteiger partial charge on any atom is -0.501 e. The van der Waals surface area contributed by atoms with Gasteiger partial charge in [-0.15, -0.1) is 0 Å². The quantitative estimate of drug-likeness (QED) is 0.539. The Morgan fingerprint density at radius 3 is 2.54 bits per heavy atom. The van der Waals surface area contributed by atoms with Crippen molar-refractivity contribution in [1.29, 1.82) is 0 Å². The Bertz CT molecular complexity index is 1320. The maximum Gasteiger partial charge on any atom is 0.296 e. The third-order valence-corrected chi connectivity index (χ3v) is 6.13. The summed E-state index contributed by atoms with van der Waals surface area (Å²) in [7, 11) is 5.02. The molecule has 12 heteroatoms. The van der Waals surface area contributed by atoms with E-state index in [1.807, 2.05) is 11.9 Å². The van der Waals surface area contributed by atoms with Crippen LogP contribution in [0.5, 0.6) is 5.75 Å². The van der Waals surface area contributed by atoms with Gasteiger partial charge in [0.1, 0.15) is 11.6 Å². The Kier molecular flexibility index (Phi) is 6.65. The zero-order chi connectivity index (χ0) is 25.3. The van der Waals surface area contributed by atoms with Gasteiger partial charge in [0.05, 0.1) is 6.04 Å². The molecular weight excluding hydrogens is 457 g/mol. The molecule has 2 amide bonds. The van der Waals surface area contributed by atoms with E-state index >= 15 is 0 Å². The molecule has 11 nitrogen and oxygen atoms in total. The number of piperazine rings is 1. The highest BCUT2D eigenvalue weighted by molar-refractivity contribution is 5.94. The number of likely N-dealkylation sites (N-methyl/N-ethyl adjacent to an activating group) is 1. The number of amides is 2. The molecule has 1 fully saturated rings. The Labute approximate surface area is 200 Å². The van der Waals surface area contributed by atoms with Crippen LogP contribution in [0.2, 0.25) is 0 Å². The van der Waals surface area contributed by atoms with Crippen molar-refractivity contribution in [3.8, 4) is 5.75 Å². The lowest BCUT2D eigenvalue weighted by Gasteiger charge is -2.39. The van der Waals surface area contributed by atoms with Crippen molar-refractivity contribution in [3.05, 3.63) is 75.7 Å². The number of carbonyl (C=O) groups is 2. The molecule has 0 radical (unpaired) electrons. The molecular formula is C23H26FN7O4. The Morgan fingerprint density at radius 2 is 1.89 bits per heavy atom. The van der Waals surface area contributed by atoms with Gasteiger partial charge in [-0.1, -0.05) is 12.1 Å². The molecule has 0 bridgehead atoms. The molecule has 1 unspecified atom stereocenters. The maximum atomic E-state index is 13.1. The summed E-state index contributed by atoms with van der Waals surface area (Å²) in [5, 5.41) is 13.0.